The number of carbonyl (C=O) groups is 1. The van der Waals surface area contributed by atoms with E-state index in [1.807, 2.05) is 0 Å². The number of Topliss-reactive ketones (excluding diaryl/α,β-unsaturated/α-hetero) is 1. The van der Waals surface area contributed by atoms with Crippen molar-refractivity contribution < 1.29 is 4.79 Å². The van der Waals surface area contributed by atoms with Crippen molar-refractivity contribution in [1.82, 2.24) is 0 Å². The van der Waals surface area contributed by atoms with Gasteiger partial charge in [-0.2, -0.15) is 0 Å². The third-order valence-electron chi connectivity index (χ3n) is 2.56. The standard InChI is InChI=1S/C10H19NO/c1-2-3-9(7-11)10(12)6-8-4-5-8/h8-9H,2-7,11H2,1H3. The number of ketones is 1. The molecule has 0 spiro atoms. The maximum absolute atomic E-state index is 11.5. The Hall–Kier alpha value is -0.370. The smallest absolute Gasteiger partial charge is 0.137 e. The Morgan fingerprint density at radius 1 is 1.58 bits per heavy atom. The summed E-state index contributed by atoms with van der Waals surface area (Å²) in [4.78, 5) is 11.5. The molecule has 70 valence electrons. The van der Waals surface area contributed by atoms with E-state index in [9.17, 15) is 4.79 Å². The molecule has 1 fully saturated rings. The summed E-state index contributed by atoms with van der Waals surface area (Å²) >= 11 is 0. The monoisotopic (exact) mass is 169 g/mol. The molecule has 0 aromatic carbocycles. The quantitative estimate of drug-likeness (QED) is 0.658. The first-order valence-electron chi connectivity index (χ1n) is 5.00. The van der Waals surface area contributed by atoms with Crippen LogP contribution < -0.4 is 5.73 Å². The molecule has 0 radical (unpaired) electrons. The molecule has 0 aliphatic heterocycles. The van der Waals surface area contributed by atoms with E-state index in [-0.39, 0.29) is 5.92 Å². The van der Waals surface area contributed by atoms with Crippen molar-refractivity contribution in [1.29, 1.82) is 0 Å². The molecule has 0 amide bonds. The van der Waals surface area contributed by atoms with Crippen LogP contribution in [0.4, 0.5) is 0 Å². The van der Waals surface area contributed by atoms with E-state index in [4.69, 9.17) is 5.73 Å². The second kappa shape index (κ2) is 4.61. The van der Waals surface area contributed by atoms with Gasteiger partial charge < -0.3 is 5.73 Å². The number of carbonyl (C=O) groups excluding carboxylic acids is 1. The van der Waals surface area contributed by atoms with Crippen molar-refractivity contribution in [3.8, 4) is 0 Å². The minimum absolute atomic E-state index is 0.149. The molecule has 1 aliphatic carbocycles. The van der Waals surface area contributed by atoms with Crippen LogP contribution in [0.1, 0.15) is 39.0 Å². The van der Waals surface area contributed by atoms with E-state index in [0.717, 1.165) is 19.3 Å². The molecule has 2 heteroatoms. The fourth-order valence-electron chi connectivity index (χ4n) is 1.53. The second-order valence-corrected chi connectivity index (χ2v) is 3.84. The Kier molecular flexibility index (Phi) is 3.73. The lowest BCUT2D eigenvalue weighted by molar-refractivity contribution is -0.123. The Bertz CT molecular complexity index is 152. The summed E-state index contributed by atoms with van der Waals surface area (Å²) in [5.41, 5.74) is 5.54. The molecular weight excluding hydrogens is 150 g/mol. The lowest BCUT2D eigenvalue weighted by Crippen LogP contribution is -2.23. The Balaban J connectivity index is 2.24. The zero-order valence-corrected chi connectivity index (χ0v) is 7.88. The fourth-order valence-corrected chi connectivity index (χ4v) is 1.53. The molecular formula is C10H19NO. The number of hydrogen-bond acceptors (Lipinski definition) is 2. The molecule has 2 N–H and O–H groups in total. The van der Waals surface area contributed by atoms with E-state index < -0.39 is 0 Å². The summed E-state index contributed by atoms with van der Waals surface area (Å²) in [6, 6.07) is 0. The molecule has 12 heavy (non-hydrogen) atoms. The third-order valence-corrected chi connectivity index (χ3v) is 2.56. The number of nitrogens with two attached hydrogens (primary N) is 1. The van der Waals surface area contributed by atoms with Crippen molar-refractivity contribution in [3.05, 3.63) is 0 Å². The van der Waals surface area contributed by atoms with Crippen molar-refractivity contribution in [2.24, 2.45) is 17.6 Å². The maximum Gasteiger partial charge on any atom is 0.137 e. The molecule has 1 unspecified atom stereocenters. The molecule has 1 saturated carbocycles. The summed E-state index contributed by atoms with van der Waals surface area (Å²) in [5, 5.41) is 0. The highest BCUT2D eigenvalue weighted by Crippen LogP contribution is 2.33. The molecule has 0 bridgehead atoms. The van der Waals surface area contributed by atoms with Gasteiger partial charge in [-0.1, -0.05) is 13.3 Å². The van der Waals surface area contributed by atoms with Gasteiger partial charge in [-0.05, 0) is 25.2 Å². The van der Waals surface area contributed by atoms with Crippen LogP contribution in [0.3, 0.4) is 0 Å². The van der Waals surface area contributed by atoms with Crippen LogP contribution in [-0.2, 0) is 4.79 Å². The summed E-state index contributed by atoms with van der Waals surface area (Å²) in [6.45, 7) is 2.65. The fraction of sp³-hybridized carbons (Fsp3) is 0.900. The van der Waals surface area contributed by atoms with Gasteiger partial charge in [-0.15, -0.1) is 0 Å². The van der Waals surface area contributed by atoms with Crippen molar-refractivity contribution >= 4 is 5.78 Å². The van der Waals surface area contributed by atoms with Crippen molar-refractivity contribution in [2.45, 2.75) is 39.0 Å². The first kappa shape index (κ1) is 9.72. The molecule has 2 nitrogen and oxygen atoms in total. The van der Waals surface area contributed by atoms with Gasteiger partial charge in [0.25, 0.3) is 0 Å². The van der Waals surface area contributed by atoms with E-state index in [1.54, 1.807) is 0 Å². The SMILES string of the molecule is CCCC(CN)C(=O)CC1CC1. The van der Waals surface area contributed by atoms with E-state index >= 15 is 0 Å². The zero-order chi connectivity index (χ0) is 8.97. The van der Waals surface area contributed by atoms with Crippen molar-refractivity contribution in [3.63, 3.8) is 0 Å². The predicted octanol–water partition coefficient (Wildman–Crippen LogP) is 1.73. The molecule has 0 aromatic heterocycles. The van der Waals surface area contributed by atoms with Crippen LogP contribution in [0.15, 0.2) is 0 Å². The second-order valence-electron chi connectivity index (χ2n) is 3.84. The molecule has 0 heterocycles. The number of hydrogen-bond donors (Lipinski definition) is 1. The minimum Gasteiger partial charge on any atom is -0.330 e. The van der Waals surface area contributed by atoms with Crippen LogP contribution in [0.25, 0.3) is 0 Å². The minimum atomic E-state index is 0.149. The van der Waals surface area contributed by atoms with Gasteiger partial charge in [0, 0.05) is 18.9 Å². The van der Waals surface area contributed by atoms with Gasteiger partial charge in [-0.3, -0.25) is 4.79 Å². The van der Waals surface area contributed by atoms with Crippen LogP contribution >= 0.6 is 0 Å². The van der Waals surface area contributed by atoms with Gasteiger partial charge in [0.05, 0.1) is 0 Å². The molecule has 1 atom stereocenters. The van der Waals surface area contributed by atoms with Gasteiger partial charge in [0.2, 0.25) is 0 Å². The van der Waals surface area contributed by atoms with Crippen LogP contribution in [0.2, 0.25) is 0 Å². The molecule has 1 rings (SSSR count). The van der Waals surface area contributed by atoms with Crippen molar-refractivity contribution in [2.75, 3.05) is 6.54 Å². The van der Waals surface area contributed by atoms with Gasteiger partial charge in [0.1, 0.15) is 5.78 Å². The highest BCUT2D eigenvalue weighted by Gasteiger charge is 2.27. The summed E-state index contributed by atoms with van der Waals surface area (Å²) in [7, 11) is 0. The first-order chi connectivity index (χ1) is 5.77. The normalized spacial score (nSPS) is 19.2. The summed E-state index contributed by atoms with van der Waals surface area (Å²) < 4.78 is 0. The lowest BCUT2D eigenvalue weighted by Gasteiger charge is -2.11. The Morgan fingerprint density at radius 2 is 2.25 bits per heavy atom. The Labute approximate surface area is 74.5 Å². The largest absolute Gasteiger partial charge is 0.330 e. The van der Waals surface area contributed by atoms with Crippen LogP contribution in [0.5, 0.6) is 0 Å². The van der Waals surface area contributed by atoms with E-state index in [1.165, 1.54) is 12.8 Å². The predicted molar refractivity (Wildman–Crippen MR) is 49.8 cm³/mol. The van der Waals surface area contributed by atoms with Gasteiger partial charge >= 0.3 is 0 Å². The maximum atomic E-state index is 11.5. The van der Waals surface area contributed by atoms with Gasteiger partial charge in [-0.25, -0.2) is 0 Å². The molecule has 0 saturated heterocycles. The average Bonchev–Trinajstić information content (AvgIpc) is 2.83. The summed E-state index contributed by atoms with van der Waals surface area (Å²) in [6.07, 6.45) is 5.35. The highest BCUT2D eigenvalue weighted by molar-refractivity contribution is 5.81. The zero-order valence-electron chi connectivity index (χ0n) is 7.88. The van der Waals surface area contributed by atoms with Crippen LogP contribution in [0, 0.1) is 11.8 Å². The number of rotatable bonds is 6. The topological polar surface area (TPSA) is 43.1 Å². The van der Waals surface area contributed by atoms with Gasteiger partial charge in [0.15, 0.2) is 0 Å². The summed E-state index contributed by atoms with van der Waals surface area (Å²) in [5.74, 6) is 1.26. The Morgan fingerprint density at radius 3 is 2.67 bits per heavy atom. The average molecular weight is 169 g/mol. The first-order valence-corrected chi connectivity index (χ1v) is 5.00. The molecule has 0 aromatic rings. The van der Waals surface area contributed by atoms with Crippen LogP contribution in [-0.4, -0.2) is 12.3 Å². The lowest BCUT2D eigenvalue weighted by atomic mass is 9.95. The third kappa shape index (κ3) is 2.94. The highest BCUT2D eigenvalue weighted by atomic mass is 16.1. The van der Waals surface area contributed by atoms with E-state index in [0.29, 0.717) is 18.2 Å². The molecule has 1 aliphatic rings. The van der Waals surface area contributed by atoms with E-state index in [2.05, 4.69) is 6.92 Å².